The molecule has 0 spiro atoms. The average molecular weight is 251 g/mol. The van der Waals surface area contributed by atoms with Crippen molar-refractivity contribution in [2.75, 3.05) is 6.54 Å². The summed E-state index contributed by atoms with van der Waals surface area (Å²) < 4.78 is 0. The monoisotopic (exact) mass is 251 g/mol. The summed E-state index contributed by atoms with van der Waals surface area (Å²) in [6.45, 7) is 4.40. The fourth-order valence-electron chi connectivity index (χ4n) is 1.61. The van der Waals surface area contributed by atoms with Gasteiger partial charge in [0.05, 0.1) is 16.6 Å². The van der Waals surface area contributed by atoms with Crippen molar-refractivity contribution < 1.29 is 4.79 Å². The highest BCUT2D eigenvalue weighted by molar-refractivity contribution is 7.20. The first-order valence-electron chi connectivity index (χ1n) is 5.40. The number of H-pyrrole nitrogens is 1. The number of fused-ring (bicyclic) bond motifs is 1. The van der Waals surface area contributed by atoms with Crippen molar-refractivity contribution >= 4 is 27.5 Å². The van der Waals surface area contributed by atoms with E-state index in [2.05, 4.69) is 15.3 Å². The predicted octanol–water partition coefficient (Wildman–Crippen LogP) is 1.43. The van der Waals surface area contributed by atoms with Crippen molar-refractivity contribution in [3.63, 3.8) is 0 Å². The van der Waals surface area contributed by atoms with Gasteiger partial charge in [-0.05, 0) is 18.9 Å². The van der Waals surface area contributed by atoms with Crippen LogP contribution in [0.25, 0.3) is 10.2 Å². The smallest absolute Gasteiger partial charge is 0.261 e. The fraction of sp³-hybridized carbons (Fsp3) is 0.364. The zero-order valence-corrected chi connectivity index (χ0v) is 10.5. The van der Waals surface area contributed by atoms with Gasteiger partial charge in [-0.2, -0.15) is 0 Å². The molecule has 1 amide bonds. The van der Waals surface area contributed by atoms with Crippen LogP contribution < -0.4 is 10.9 Å². The molecule has 0 aliphatic rings. The molecule has 0 saturated carbocycles. The van der Waals surface area contributed by atoms with Crippen molar-refractivity contribution in [3.8, 4) is 0 Å². The highest BCUT2D eigenvalue weighted by atomic mass is 32.1. The van der Waals surface area contributed by atoms with Crippen LogP contribution in [0, 0.1) is 6.92 Å². The van der Waals surface area contributed by atoms with Gasteiger partial charge in [0.1, 0.15) is 4.83 Å². The number of thiophene rings is 1. The molecule has 0 aromatic carbocycles. The van der Waals surface area contributed by atoms with Crippen LogP contribution in [0.4, 0.5) is 0 Å². The van der Waals surface area contributed by atoms with Crippen LogP contribution in [0.1, 0.15) is 28.6 Å². The number of aromatic nitrogens is 2. The van der Waals surface area contributed by atoms with Crippen molar-refractivity contribution in [1.82, 2.24) is 15.3 Å². The lowest BCUT2D eigenvalue weighted by molar-refractivity contribution is 0.0957. The first kappa shape index (κ1) is 11.8. The predicted molar refractivity (Wildman–Crippen MR) is 67.6 cm³/mol. The molecule has 0 unspecified atom stereocenters. The summed E-state index contributed by atoms with van der Waals surface area (Å²) in [5.41, 5.74) is 0.506. The maximum absolute atomic E-state index is 11.9. The molecule has 0 bridgehead atoms. The Morgan fingerprint density at radius 2 is 2.35 bits per heavy atom. The molecule has 0 atom stereocenters. The van der Waals surface area contributed by atoms with Gasteiger partial charge < -0.3 is 10.3 Å². The molecule has 0 aliphatic heterocycles. The van der Waals surface area contributed by atoms with E-state index in [1.165, 1.54) is 17.7 Å². The number of aryl methyl sites for hydroxylation is 1. The molecular weight excluding hydrogens is 238 g/mol. The Hall–Kier alpha value is -1.69. The number of hydrogen-bond acceptors (Lipinski definition) is 4. The molecule has 0 fully saturated rings. The molecule has 5 nitrogen and oxygen atoms in total. The van der Waals surface area contributed by atoms with Crippen LogP contribution in [-0.4, -0.2) is 22.4 Å². The van der Waals surface area contributed by atoms with E-state index in [9.17, 15) is 9.59 Å². The molecule has 2 aromatic rings. The van der Waals surface area contributed by atoms with E-state index in [0.717, 1.165) is 6.42 Å². The van der Waals surface area contributed by atoms with Crippen molar-refractivity contribution in [3.05, 3.63) is 27.1 Å². The largest absolute Gasteiger partial charge is 0.351 e. The van der Waals surface area contributed by atoms with Crippen molar-refractivity contribution in [2.24, 2.45) is 0 Å². The van der Waals surface area contributed by atoms with Gasteiger partial charge in [0.25, 0.3) is 11.5 Å². The van der Waals surface area contributed by atoms with Gasteiger partial charge in [-0.1, -0.05) is 6.92 Å². The average Bonchev–Trinajstić information content (AvgIpc) is 2.65. The van der Waals surface area contributed by atoms with E-state index >= 15 is 0 Å². The third-order valence-electron chi connectivity index (χ3n) is 2.47. The molecule has 90 valence electrons. The van der Waals surface area contributed by atoms with Crippen LogP contribution in [-0.2, 0) is 0 Å². The van der Waals surface area contributed by atoms with E-state index in [1.807, 2.05) is 6.92 Å². The summed E-state index contributed by atoms with van der Waals surface area (Å²) in [5, 5.41) is 3.31. The molecule has 6 heteroatoms. The summed E-state index contributed by atoms with van der Waals surface area (Å²) in [6, 6.07) is 0. The lowest BCUT2D eigenvalue weighted by Gasteiger charge is -2.01. The highest BCUT2D eigenvalue weighted by Crippen LogP contribution is 2.26. The minimum atomic E-state index is -0.196. The van der Waals surface area contributed by atoms with Gasteiger partial charge in [-0.15, -0.1) is 11.3 Å². The molecular formula is C11H13N3O2S. The molecule has 17 heavy (non-hydrogen) atoms. The van der Waals surface area contributed by atoms with Gasteiger partial charge in [-0.25, -0.2) is 4.98 Å². The molecule has 0 saturated heterocycles. The van der Waals surface area contributed by atoms with Gasteiger partial charge in [-0.3, -0.25) is 9.59 Å². The van der Waals surface area contributed by atoms with Gasteiger partial charge in [0.2, 0.25) is 0 Å². The normalized spacial score (nSPS) is 10.7. The maximum Gasteiger partial charge on any atom is 0.261 e. The number of amides is 1. The minimum Gasteiger partial charge on any atom is -0.351 e. The van der Waals surface area contributed by atoms with Crippen LogP contribution in [0.15, 0.2) is 11.1 Å². The van der Waals surface area contributed by atoms with E-state index in [4.69, 9.17) is 0 Å². The van der Waals surface area contributed by atoms with Gasteiger partial charge in [0, 0.05) is 6.54 Å². The van der Waals surface area contributed by atoms with Crippen LogP contribution in [0.3, 0.4) is 0 Å². The Labute approximate surface area is 102 Å². The second kappa shape index (κ2) is 4.67. The van der Waals surface area contributed by atoms with E-state index in [-0.39, 0.29) is 11.5 Å². The van der Waals surface area contributed by atoms with Crippen LogP contribution in [0.5, 0.6) is 0 Å². The quantitative estimate of drug-likeness (QED) is 0.866. The van der Waals surface area contributed by atoms with Crippen LogP contribution >= 0.6 is 11.3 Å². The lowest BCUT2D eigenvalue weighted by atomic mass is 10.2. The number of nitrogens with one attached hydrogen (secondary N) is 2. The van der Waals surface area contributed by atoms with Crippen molar-refractivity contribution in [1.29, 1.82) is 0 Å². The Morgan fingerprint density at radius 1 is 1.59 bits per heavy atom. The minimum absolute atomic E-state index is 0.133. The summed E-state index contributed by atoms with van der Waals surface area (Å²) in [6.07, 6.45) is 2.24. The van der Waals surface area contributed by atoms with E-state index in [1.54, 1.807) is 6.92 Å². The number of hydrogen-bond donors (Lipinski definition) is 2. The second-order valence-electron chi connectivity index (χ2n) is 3.72. The van der Waals surface area contributed by atoms with E-state index in [0.29, 0.717) is 27.2 Å². The first-order valence-corrected chi connectivity index (χ1v) is 6.21. The molecule has 2 N–H and O–H groups in total. The van der Waals surface area contributed by atoms with Crippen LogP contribution in [0.2, 0.25) is 0 Å². The summed E-state index contributed by atoms with van der Waals surface area (Å²) >= 11 is 1.25. The fourth-order valence-corrected chi connectivity index (χ4v) is 2.68. The number of aromatic amines is 1. The third-order valence-corrected chi connectivity index (χ3v) is 3.67. The molecule has 0 aliphatic carbocycles. The van der Waals surface area contributed by atoms with Gasteiger partial charge in [0.15, 0.2) is 0 Å². The number of carbonyl (C=O) groups excluding carboxylic acids is 1. The number of rotatable bonds is 3. The third kappa shape index (κ3) is 2.08. The molecule has 2 aromatic heterocycles. The zero-order valence-electron chi connectivity index (χ0n) is 9.66. The molecule has 2 heterocycles. The Kier molecular flexibility index (Phi) is 3.23. The molecule has 0 radical (unpaired) electrons. The number of nitrogens with zero attached hydrogens (tertiary/aromatic N) is 1. The molecule has 2 rings (SSSR count). The summed E-state index contributed by atoms with van der Waals surface area (Å²) in [7, 11) is 0. The first-order chi connectivity index (χ1) is 8.15. The van der Waals surface area contributed by atoms with E-state index < -0.39 is 0 Å². The zero-order chi connectivity index (χ0) is 12.4. The standard InChI is InChI=1S/C11H13N3O2S/c1-3-4-12-10(16)8-6(2)7-9(15)13-5-14-11(7)17-8/h5H,3-4H2,1-2H3,(H,12,16)(H,13,14,15). The second-order valence-corrected chi connectivity index (χ2v) is 4.72. The Balaban J connectivity index is 2.49. The lowest BCUT2D eigenvalue weighted by Crippen LogP contribution is -2.23. The number of carbonyl (C=O) groups is 1. The summed E-state index contributed by atoms with van der Waals surface area (Å²) in [5.74, 6) is -0.133. The topological polar surface area (TPSA) is 74.8 Å². The highest BCUT2D eigenvalue weighted by Gasteiger charge is 2.17. The Bertz CT molecular complexity index is 615. The summed E-state index contributed by atoms with van der Waals surface area (Å²) in [4.78, 5) is 31.3. The van der Waals surface area contributed by atoms with Gasteiger partial charge >= 0.3 is 0 Å². The maximum atomic E-state index is 11.9. The van der Waals surface area contributed by atoms with Crippen molar-refractivity contribution in [2.45, 2.75) is 20.3 Å². The Morgan fingerprint density at radius 3 is 3.00 bits per heavy atom. The SMILES string of the molecule is CCCNC(=O)c1sc2nc[nH]c(=O)c2c1C.